The highest BCUT2D eigenvalue weighted by atomic mass is 32.1. The maximum absolute atomic E-state index is 6.39. The van der Waals surface area contributed by atoms with Crippen molar-refractivity contribution in [3.8, 4) is 0 Å². The van der Waals surface area contributed by atoms with Crippen molar-refractivity contribution in [3.05, 3.63) is 21.9 Å². The Bertz CT molecular complexity index is 326. The first-order chi connectivity index (χ1) is 7.72. The van der Waals surface area contributed by atoms with Crippen molar-refractivity contribution < 1.29 is 0 Å². The van der Waals surface area contributed by atoms with Gasteiger partial charge >= 0.3 is 0 Å². The minimum absolute atomic E-state index is 0.262. The highest BCUT2D eigenvalue weighted by molar-refractivity contribution is 7.10. The van der Waals surface area contributed by atoms with Crippen LogP contribution in [0.15, 0.2) is 11.4 Å². The van der Waals surface area contributed by atoms with Gasteiger partial charge in [0, 0.05) is 17.0 Å². The summed E-state index contributed by atoms with van der Waals surface area (Å²) in [4.78, 5) is 1.40. The van der Waals surface area contributed by atoms with Gasteiger partial charge in [0.1, 0.15) is 0 Å². The van der Waals surface area contributed by atoms with Crippen LogP contribution in [0.5, 0.6) is 0 Å². The van der Waals surface area contributed by atoms with Crippen LogP contribution in [0.2, 0.25) is 0 Å². The predicted octanol–water partition coefficient (Wildman–Crippen LogP) is 2.83. The Morgan fingerprint density at radius 1 is 1.38 bits per heavy atom. The summed E-state index contributed by atoms with van der Waals surface area (Å²) in [6.07, 6.45) is 5.09. The predicted molar refractivity (Wildman–Crippen MR) is 70.8 cm³/mol. The van der Waals surface area contributed by atoms with E-state index in [0.717, 1.165) is 0 Å². The third kappa shape index (κ3) is 2.47. The smallest absolute Gasteiger partial charge is 0.0421 e. The number of nitrogens with two attached hydrogens (primary N) is 1. The van der Waals surface area contributed by atoms with E-state index in [0.29, 0.717) is 12.0 Å². The van der Waals surface area contributed by atoms with Crippen LogP contribution in [0.4, 0.5) is 0 Å². The number of nitrogens with one attached hydrogen (secondary N) is 1. The first kappa shape index (κ1) is 12.1. The van der Waals surface area contributed by atoms with Crippen LogP contribution in [0.1, 0.15) is 42.2 Å². The van der Waals surface area contributed by atoms with E-state index in [4.69, 9.17) is 5.73 Å². The Balaban J connectivity index is 1.97. The Labute approximate surface area is 102 Å². The van der Waals surface area contributed by atoms with Crippen LogP contribution >= 0.6 is 11.3 Å². The molecule has 1 aliphatic rings. The van der Waals surface area contributed by atoms with E-state index in [2.05, 4.69) is 30.7 Å². The second-order valence-electron chi connectivity index (χ2n) is 4.89. The summed E-state index contributed by atoms with van der Waals surface area (Å²) in [7, 11) is 2.06. The molecule has 0 spiro atoms. The molecule has 2 rings (SSSR count). The summed E-state index contributed by atoms with van der Waals surface area (Å²) in [6, 6.07) is 3.16. The van der Waals surface area contributed by atoms with Gasteiger partial charge in [-0.05, 0) is 62.6 Å². The fourth-order valence-electron chi connectivity index (χ4n) is 2.71. The lowest BCUT2D eigenvalue weighted by molar-refractivity contribution is 0.268. The molecule has 0 bridgehead atoms. The summed E-state index contributed by atoms with van der Waals surface area (Å²) in [5, 5.41) is 5.53. The third-order valence-corrected chi connectivity index (χ3v) is 5.01. The van der Waals surface area contributed by atoms with Gasteiger partial charge in [-0.3, -0.25) is 0 Å². The van der Waals surface area contributed by atoms with Gasteiger partial charge in [-0.1, -0.05) is 0 Å². The number of hydrogen-bond donors (Lipinski definition) is 2. The Hall–Kier alpha value is -0.380. The lowest BCUT2D eigenvalue weighted by atomic mass is 9.81. The molecule has 3 heteroatoms. The third-order valence-electron chi connectivity index (χ3n) is 3.89. The first-order valence-corrected chi connectivity index (χ1v) is 7.07. The highest BCUT2D eigenvalue weighted by Crippen LogP contribution is 2.36. The molecule has 1 atom stereocenters. The van der Waals surface area contributed by atoms with E-state index in [9.17, 15) is 0 Å². The molecule has 1 unspecified atom stereocenters. The monoisotopic (exact) mass is 238 g/mol. The molecular formula is C13H22N2S. The zero-order chi connectivity index (χ0) is 11.5. The van der Waals surface area contributed by atoms with Crippen molar-refractivity contribution in [3.63, 3.8) is 0 Å². The normalized spacial score (nSPS) is 27.9. The fourth-order valence-corrected chi connectivity index (χ4v) is 3.73. The number of thiophene rings is 1. The molecule has 0 amide bonds. The molecule has 1 aromatic heterocycles. The van der Waals surface area contributed by atoms with Gasteiger partial charge in [0.15, 0.2) is 0 Å². The molecule has 16 heavy (non-hydrogen) atoms. The van der Waals surface area contributed by atoms with E-state index < -0.39 is 0 Å². The fraction of sp³-hybridized carbons (Fsp3) is 0.692. The van der Waals surface area contributed by atoms with Crippen LogP contribution < -0.4 is 11.1 Å². The molecule has 2 nitrogen and oxygen atoms in total. The highest BCUT2D eigenvalue weighted by Gasteiger charge is 2.26. The summed E-state index contributed by atoms with van der Waals surface area (Å²) in [5.41, 5.74) is 7.76. The molecule has 1 fully saturated rings. The quantitative estimate of drug-likeness (QED) is 0.850. The van der Waals surface area contributed by atoms with Crippen molar-refractivity contribution in [1.82, 2.24) is 5.32 Å². The Morgan fingerprint density at radius 3 is 2.56 bits per heavy atom. The lowest BCUT2D eigenvalue weighted by Gasteiger charge is -2.31. The van der Waals surface area contributed by atoms with E-state index in [1.165, 1.54) is 36.1 Å². The van der Waals surface area contributed by atoms with Crippen molar-refractivity contribution >= 4 is 11.3 Å². The van der Waals surface area contributed by atoms with Gasteiger partial charge in [0.25, 0.3) is 0 Å². The molecule has 3 N–H and O–H groups in total. The molecular weight excluding hydrogens is 216 g/mol. The van der Waals surface area contributed by atoms with Crippen LogP contribution in [-0.4, -0.2) is 13.1 Å². The maximum atomic E-state index is 6.39. The molecule has 90 valence electrons. The van der Waals surface area contributed by atoms with Crippen molar-refractivity contribution in [1.29, 1.82) is 0 Å². The van der Waals surface area contributed by atoms with Gasteiger partial charge in [-0.15, -0.1) is 11.3 Å². The summed E-state index contributed by atoms with van der Waals surface area (Å²) in [6.45, 7) is 2.17. The lowest BCUT2D eigenvalue weighted by Crippen LogP contribution is -2.33. The second kappa shape index (κ2) is 5.30. The van der Waals surface area contributed by atoms with Crippen LogP contribution in [0.3, 0.4) is 0 Å². The van der Waals surface area contributed by atoms with Crippen LogP contribution in [0.25, 0.3) is 0 Å². The minimum atomic E-state index is 0.262. The molecule has 0 saturated heterocycles. The van der Waals surface area contributed by atoms with E-state index in [1.54, 1.807) is 0 Å². The molecule has 0 radical (unpaired) electrons. The van der Waals surface area contributed by atoms with Crippen LogP contribution in [0, 0.1) is 12.8 Å². The molecule has 1 heterocycles. The summed E-state index contributed by atoms with van der Waals surface area (Å²) in [5.74, 6) is 0.682. The van der Waals surface area contributed by atoms with Crippen molar-refractivity contribution in [2.24, 2.45) is 11.7 Å². The standard InChI is InChI=1S/C13H22N2S/c1-9-7-8-16-13(9)12(14)10-3-5-11(15-2)6-4-10/h7-8,10-12,15H,3-6,14H2,1-2H3. The molecule has 0 aliphatic heterocycles. The van der Waals surface area contributed by atoms with Crippen molar-refractivity contribution in [2.45, 2.75) is 44.7 Å². The van der Waals surface area contributed by atoms with E-state index in [-0.39, 0.29) is 6.04 Å². The molecule has 1 aromatic rings. The number of aryl methyl sites for hydroxylation is 1. The van der Waals surface area contributed by atoms with Gasteiger partial charge in [0.05, 0.1) is 0 Å². The van der Waals surface area contributed by atoms with E-state index in [1.807, 2.05) is 11.3 Å². The average molecular weight is 238 g/mol. The van der Waals surface area contributed by atoms with Crippen molar-refractivity contribution in [2.75, 3.05) is 7.05 Å². The summed E-state index contributed by atoms with van der Waals surface area (Å²) < 4.78 is 0. The maximum Gasteiger partial charge on any atom is 0.0421 e. The van der Waals surface area contributed by atoms with Crippen LogP contribution in [-0.2, 0) is 0 Å². The van der Waals surface area contributed by atoms with Gasteiger partial charge in [-0.2, -0.15) is 0 Å². The zero-order valence-corrected chi connectivity index (χ0v) is 11.0. The molecule has 1 saturated carbocycles. The largest absolute Gasteiger partial charge is 0.323 e. The van der Waals surface area contributed by atoms with E-state index >= 15 is 0 Å². The minimum Gasteiger partial charge on any atom is -0.323 e. The Morgan fingerprint density at radius 2 is 2.06 bits per heavy atom. The first-order valence-electron chi connectivity index (χ1n) is 6.19. The molecule has 1 aliphatic carbocycles. The molecule has 0 aromatic carbocycles. The second-order valence-corrected chi connectivity index (χ2v) is 5.84. The number of hydrogen-bond acceptors (Lipinski definition) is 3. The zero-order valence-electron chi connectivity index (χ0n) is 10.2. The van der Waals surface area contributed by atoms with Gasteiger partial charge in [-0.25, -0.2) is 0 Å². The van der Waals surface area contributed by atoms with Gasteiger partial charge < -0.3 is 11.1 Å². The number of rotatable bonds is 3. The Kier molecular flexibility index (Phi) is 4.00. The summed E-state index contributed by atoms with van der Waals surface area (Å²) >= 11 is 1.82. The SMILES string of the molecule is CNC1CCC(C(N)c2sccc2C)CC1. The topological polar surface area (TPSA) is 38.0 Å². The average Bonchev–Trinajstić information content (AvgIpc) is 2.75. The van der Waals surface area contributed by atoms with Gasteiger partial charge in [0.2, 0.25) is 0 Å².